The van der Waals surface area contributed by atoms with Gasteiger partial charge in [0, 0.05) is 38.5 Å². The van der Waals surface area contributed by atoms with Crippen molar-refractivity contribution < 1.29 is 19.7 Å². The molecule has 6 rings (SSSR count). The van der Waals surface area contributed by atoms with Crippen molar-refractivity contribution in [2.75, 3.05) is 32.2 Å². The molecule has 3 saturated carbocycles. The second kappa shape index (κ2) is 7.55. The van der Waals surface area contributed by atoms with Crippen LogP contribution in [0.2, 0.25) is 0 Å². The quantitative estimate of drug-likeness (QED) is 0.651. The molecule has 1 saturated heterocycles. The lowest BCUT2D eigenvalue weighted by Crippen LogP contribution is -2.53. The maximum atomic E-state index is 12.0. The first-order chi connectivity index (χ1) is 15.7. The van der Waals surface area contributed by atoms with Gasteiger partial charge in [0.2, 0.25) is 0 Å². The topological polar surface area (TPSA) is 62.2 Å². The molecule has 33 heavy (non-hydrogen) atoms. The van der Waals surface area contributed by atoms with Crippen molar-refractivity contribution in [1.29, 1.82) is 0 Å². The van der Waals surface area contributed by atoms with Crippen LogP contribution < -0.4 is 4.90 Å². The van der Waals surface area contributed by atoms with E-state index in [1.807, 2.05) is 0 Å². The van der Waals surface area contributed by atoms with Gasteiger partial charge in [0.1, 0.15) is 0 Å². The first-order valence-electron chi connectivity index (χ1n) is 12.9. The zero-order valence-electron chi connectivity index (χ0n) is 20.3. The van der Waals surface area contributed by atoms with Gasteiger partial charge in [-0.15, -0.1) is 0 Å². The summed E-state index contributed by atoms with van der Waals surface area (Å²) < 4.78 is 12.1. The summed E-state index contributed by atoms with van der Waals surface area (Å²) in [6.07, 6.45) is 6.74. The van der Waals surface area contributed by atoms with Crippen molar-refractivity contribution in [3.8, 4) is 0 Å². The SMILES string of the molecule is CN(C)c1ccc([C@H]2C[C@]3(C)C(O)CC[C@H]3[C@@H]3CC[C@@]4(O)CC5(CCC4=C32)OCCO5)cc1. The Morgan fingerprint density at radius 3 is 2.42 bits per heavy atom. The molecule has 6 atom stereocenters. The molecule has 1 spiro atoms. The number of ether oxygens (including phenoxy) is 2. The maximum Gasteiger partial charge on any atom is 0.171 e. The molecular weight excluding hydrogens is 414 g/mol. The number of benzene rings is 1. The van der Waals surface area contributed by atoms with Gasteiger partial charge >= 0.3 is 0 Å². The van der Waals surface area contributed by atoms with Crippen molar-refractivity contribution in [3.63, 3.8) is 0 Å². The predicted octanol–water partition coefficient (Wildman–Crippen LogP) is 4.38. The molecule has 2 N–H and O–H groups in total. The van der Waals surface area contributed by atoms with Gasteiger partial charge in [0.15, 0.2) is 5.79 Å². The van der Waals surface area contributed by atoms with Gasteiger partial charge in [-0.05, 0) is 79.0 Å². The number of fused-ring (bicyclic) bond motifs is 4. The Balaban J connectivity index is 1.45. The smallest absolute Gasteiger partial charge is 0.171 e. The number of hydrogen-bond acceptors (Lipinski definition) is 5. The van der Waals surface area contributed by atoms with E-state index in [0.717, 1.165) is 44.9 Å². The normalized spacial score (nSPS) is 41.6. The van der Waals surface area contributed by atoms with E-state index in [4.69, 9.17) is 9.47 Å². The summed E-state index contributed by atoms with van der Waals surface area (Å²) in [5, 5.41) is 23.1. The van der Waals surface area contributed by atoms with Gasteiger partial charge in [-0.3, -0.25) is 0 Å². The minimum Gasteiger partial charge on any atom is -0.393 e. The Hall–Kier alpha value is -1.40. The van der Waals surface area contributed by atoms with Crippen LogP contribution in [-0.4, -0.2) is 55.0 Å². The summed E-state index contributed by atoms with van der Waals surface area (Å²) in [5.74, 6) is 0.615. The molecule has 1 aromatic rings. The van der Waals surface area contributed by atoms with E-state index in [-0.39, 0.29) is 17.4 Å². The minimum absolute atomic E-state index is 0.0529. The van der Waals surface area contributed by atoms with Crippen LogP contribution in [0.1, 0.15) is 69.8 Å². The third kappa shape index (κ3) is 3.26. The first kappa shape index (κ1) is 22.1. The van der Waals surface area contributed by atoms with E-state index in [9.17, 15) is 10.2 Å². The molecule has 4 aliphatic carbocycles. The van der Waals surface area contributed by atoms with Gasteiger partial charge in [0.25, 0.3) is 0 Å². The Kier molecular flexibility index (Phi) is 5.05. The van der Waals surface area contributed by atoms with Crippen LogP contribution in [0.3, 0.4) is 0 Å². The maximum absolute atomic E-state index is 12.0. The molecule has 1 aromatic carbocycles. The van der Waals surface area contributed by atoms with E-state index in [2.05, 4.69) is 50.2 Å². The highest BCUT2D eigenvalue weighted by Gasteiger charge is 2.60. The van der Waals surface area contributed by atoms with Crippen LogP contribution in [0.25, 0.3) is 0 Å². The number of rotatable bonds is 2. The van der Waals surface area contributed by atoms with Crippen molar-refractivity contribution in [3.05, 3.63) is 41.0 Å². The highest BCUT2D eigenvalue weighted by molar-refractivity contribution is 5.50. The van der Waals surface area contributed by atoms with Crippen LogP contribution in [-0.2, 0) is 9.47 Å². The summed E-state index contributed by atoms with van der Waals surface area (Å²) in [4.78, 5) is 2.13. The van der Waals surface area contributed by atoms with Crippen LogP contribution >= 0.6 is 0 Å². The zero-order valence-corrected chi connectivity index (χ0v) is 20.3. The molecule has 0 amide bonds. The fourth-order valence-electron chi connectivity index (χ4n) is 8.29. The lowest BCUT2D eigenvalue weighted by atomic mass is 9.51. The number of aliphatic hydroxyl groups excluding tert-OH is 1. The Bertz CT molecular complexity index is 949. The average molecular weight is 454 g/mol. The predicted molar refractivity (Wildman–Crippen MR) is 128 cm³/mol. The van der Waals surface area contributed by atoms with Gasteiger partial charge in [-0.1, -0.05) is 24.6 Å². The summed E-state index contributed by atoms with van der Waals surface area (Å²) in [6.45, 7) is 3.59. The van der Waals surface area contributed by atoms with Crippen LogP contribution in [0.4, 0.5) is 5.69 Å². The van der Waals surface area contributed by atoms with Gasteiger partial charge in [-0.25, -0.2) is 0 Å². The molecule has 180 valence electrons. The monoisotopic (exact) mass is 453 g/mol. The largest absolute Gasteiger partial charge is 0.393 e. The summed E-state index contributed by atoms with van der Waals surface area (Å²) in [7, 11) is 4.14. The summed E-state index contributed by atoms with van der Waals surface area (Å²) in [5.41, 5.74) is 4.40. The fourth-order valence-corrected chi connectivity index (χ4v) is 8.29. The number of anilines is 1. The highest BCUT2D eigenvalue weighted by Crippen LogP contribution is 2.65. The molecule has 5 nitrogen and oxygen atoms in total. The van der Waals surface area contributed by atoms with Gasteiger partial charge in [-0.2, -0.15) is 0 Å². The van der Waals surface area contributed by atoms with Gasteiger partial charge in [0.05, 0.1) is 24.9 Å². The average Bonchev–Trinajstić information content (AvgIpc) is 3.36. The second-order valence-corrected chi connectivity index (χ2v) is 11.8. The van der Waals surface area contributed by atoms with E-state index >= 15 is 0 Å². The molecule has 1 aliphatic heterocycles. The van der Waals surface area contributed by atoms with Crippen LogP contribution in [0.15, 0.2) is 35.4 Å². The first-order valence-corrected chi connectivity index (χ1v) is 12.9. The van der Waals surface area contributed by atoms with E-state index in [0.29, 0.717) is 31.5 Å². The zero-order chi connectivity index (χ0) is 23.0. The third-order valence-electron chi connectivity index (χ3n) is 9.99. The van der Waals surface area contributed by atoms with Crippen LogP contribution in [0.5, 0.6) is 0 Å². The van der Waals surface area contributed by atoms with Crippen molar-refractivity contribution in [1.82, 2.24) is 0 Å². The minimum atomic E-state index is -0.832. The van der Waals surface area contributed by atoms with E-state index < -0.39 is 11.4 Å². The number of allylic oxidation sites excluding steroid dienone is 1. The number of nitrogens with zero attached hydrogens (tertiary/aromatic N) is 1. The van der Waals surface area contributed by atoms with Crippen LogP contribution in [0, 0.1) is 17.3 Å². The Morgan fingerprint density at radius 2 is 1.73 bits per heavy atom. The van der Waals surface area contributed by atoms with Crippen molar-refractivity contribution in [2.45, 2.75) is 81.7 Å². The summed E-state index contributed by atoms with van der Waals surface area (Å²) >= 11 is 0. The lowest BCUT2D eigenvalue weighted by molar-refractivity contribution is -0.208. The van der Waals surface area contributed by atoms with E-state index in [1.165, 1.54) is 22.4 Å². The van der Waals surface area contributed by atoms with E-state index in [1.54, 1.807) is 0 Å². The third-order valence-corrected chi connectivity index (χ3v) is 9.99. The molecule has 4 fully saturated rings. The molecule has 0 bridgehead atoms. The van der Waals surface area contributed by atoms with Crippen molar-refractivity contribution in [2.24, 2.45) is 17.3 Å². The Labute approximate surface area is 197 Å². The molecule has 5 heteroatoms. The fraction of sp³-hybridized carbons (Fsp3) is 0.714. The Morgan fingerprint density at radius 1 is 1.00 bits per heavy atom. The molecule has 5 aliphatic rings. The van der Waals surface area contributed by atoms with Gasteiger partial charge < -0.3 is 24.6 Å². The number of aliphatic hydroxyl groups is 2. The lowest BCUT2D eigenvalue weighted by Gasteiger charge is -2.56. The standard InChI is InChI=1S/C28H39NO4/c1-26-16-21(18-4-6-19(7-5-18)29(2)3)25-20(22(26)8-9-24(26)30)10-12-27(31)17-28(13-11-23(25)27)32-14-15-33-28/h4-7,20-22,24,30-31H,8-17H2,1-3H3/t20-,21+,22-,24?,26-,27+/m0/s1. The molecular formula is C28H39NO4. The number of hydrogen-bond donors (Lipinski definition) is 2. The highest BCUT2D eigenvalue weighted by atomic mass is 16.7. The molecule has 1 heterocycles. The molecule has 1 unspecified atom stereocenters. The van der Waals surface area contributed by atoms with Crippen molar-refractivity contribution >= 4 is 5.69 Å². The molecule has 0 radical (unpaired) electrons. The summed E-state index contributed by atoms with van der Waals surface area (Å²) in [6, 6.07) is 8.97. The molecule has 0 aromatic heterocycles. The second-order valence-electron chi connectivity index (χ2n) is 11.8.